The summed E-state index contributed by atoms with van der Waals surface area (Å²) in [5.41, 5.74) is 0. The molecule has 2 unspecified atom stereocenters. The topological polar surface area (TPSA) is 20.2 Å². The van der Waals surface area contributed by atoms with Crippen LogP contribution in [0.1, 0.15) is 59.3 Å². The zero-order valence-electron chi connectivity index (χ0n) is 9.55. The van der Waals surface area contributed by atoms with Crippen molar-refractivity contribution in [2.45, 2.75) is 59.3 Å². The highest BCUT2D eigenvalue weighted by atomic mass is 16.3. The second-order valence-corrected chi connectivity index (χ2v) is 4.09. The van der Waals surface area contributed by atoms with Crippen LogP contribution in [0.3, 0.4) is 0 Å². The van der Waals surface area contributed by atoms with Crippen molar-refractivity contribution in [3.63, 3.8) is 0 Å². The molecular formula is C12H26O. The van der Waals surface area contributed by atoms with Crippen molar-refractivity contribution in [2.24, 2.45) is 11.8 Å². The zero-order chi connectivity index (χ0) is 10.1. The van der Waals surface area contributed by atoms with Crippen molar-refractivity contribution in [1.82, 2.24) is 0 Å². The molecule has 0 saturated heterocycles. The fourth-order valence-electron chi connectivity index (χ4n) is 2.04. The fraction of sp³-hybridized carbons (Fsp3) is 1.00. The van der Waals surface area contributed by atoms with Crippen LogP contribution in [0.25, 0.3) is 0 Å². The highest BCUT2D eigenvalue weighted by Crippen LogP contribution is 2.24. The third-order valence-electron chi connectivity index (χ3n) is 3.06. The summed E-state index contributed by atoms with van der Waals surface area (Å²) in [6, 6.07) is 0. The lowest BCUT2D eigenvalue weighted by atomic mass is 9.86. The molecular weight excluding hydrogens is 160 g/mol. The Morgan fingerprint density at radius 1 is 0.923 bits per heavy atom. The minimum absolute atomic E-state index is 0.362. The van der Waals surface area contributed by atoms with Gasteiger partial charge in [-0.25, -0.2) is 0 Å². The van der Waals surface area contributed by atoms with Crippen molar-refractivity contribution in [3.05, 3.63) is 0 Å². The van der Waals surface area contributed by atoms with E-state index in [0.717, 1.165) is 18.3 Å². The van der Waals surface area contributed by atoms with Crippen LogP contribution >= 0.6 is 0 Å². The average Bonchev–Trinajstić information content (AvgIpc) is 2.16. The van der Waals surface area contributed by atoms with E-state index in [0.29, 0.717) is 6.61 Å². The summed E-state index contributed by atoms with van der Waals surface area (Å²) in [7, 11) is 0. The lowest BCUT2D eigenvalue weighted by molar-refractivity contribution is 0.230. The smallest absolute Gasteiger partial charge is 0.0433 e. The quantitative estimate of drug-likeness (QED) is 0.614. The summed E-state index contributed by atoms with van der Waals surface area (Å²) in [6.45, 7) is 7.14. The van der Waals surface area contributed by atoms with E-state index in [1.54, 1.807) is 0 Å². The first-order valence-electron chi connectivity index (χ1n) is 5.89. The second-order valence-electron chi connectivity index (χ2n) is 4.09. The summed E-state index contributed by atoms with van der Waals surface area (Å²) >= 11 is 0. The molecule has 0 radical (unpaired) electrons. The molecule has 1 nitrogen and oxygen atoms in total. The van der Waals surface area contributed by atoms with Gasteiger partial charge in [-0.1, -0.05) is 46.5 Å². The Morgan fingerprint density at radius 2 is 1.46 bits per heavy atom. The van der Waals surface area contributed by atoms with Crippen molar-refractivity contribution in [1.29, 1.82) is 0 Å². The SMILES string of the molecule is CCCC(CC)CC(CC)CCO. The first-order valence-corrected chi connectivity index (χ1v) is 5.89. The number of hydrogen-bond acceptors (Lipinski definition) is 1. The molecule has 1 N–H and O–H groups in total. The van der Waals surface area contributed by atoms with E-state index in [4.69, 9.17) is 5.11 Å². The van der Waals surface area contributed by atoms with Gasteiger partial charge in [-0.2, -0.15) is 0 Å². The summed E-state index contributed by atoms with van der Waals surface area (Å²) in [6.07, 6.45) is 7.50. The maximum Gasteiger partial charge on any atom is 0.0433 e. The molecule has 13 heavy (non-hydrogen) atoms. The van der Waals surface area contributed by atoms with Gasteiger partial charge in [0.15, 0.2) is 0 Å². The molecule has 80 valence electrons. The van der Waals surface area contributed by atoms with Gasteiger partial charge in [0.25, 0.3) is 0 Å². The summed E-state index contributed by atoms with van der Waals surface area (Å²) in [5, 5.41) is 8.88. The van der Waals surface area contributed by atoms with Gasteiger partial charge in [0.1, 0.15) is 0 Å². The van der Waals surface area contributed by atoms with Gasteiger partial charge in [0.2, 0.25) is 0 Å². The van der Waals surface area contributed by atoms with E-state index in [-0.39, 0.29) is 0 Å². The zero-order valence-corrected chi connectivity index (χ0v) is 9.55. The van der Waals surface area contributed by atoms with E-state index in [1.165, 1.54) is 32.1 Å². The Hall–Kier alpha value is -0.0400. The second kappa shape index (κ2) is 8.55. The standard InChI is InChI=1S/C12H26O/c1-4-7-11(5-2)10-12(6-3)8-9-13/h11-13H,4-10H2,1-3H3. The molecule has 0 rings (SSSR count). The van der Waals surface area contributed by atoms with Crippen LogP contribution in [0.4, 0.5) is 0 Å². The Kier molecular flexibility index (Phi) is 8.53. The van der Waals surface area contributed by atoms with Gasteiger partial charge in [0, 0.05) is 6.61 Å². The number of aliphatic hydroxyl groups is 1. The molecule has 0 aliphatic carbocycles. The number of rotatable bonds is 8. The Balaban J connectivity index is 3.73. The molecule has 1 heteroatoms. The van der Waals surface area contributed by atoms with E-state index < -0.39 is 0 Å². The Bertz CT molecular complexity index is 89.3. The van der Waals surface area contributed by atoms with Crippen LogP contribution in [0.15, 0.2) is 0 Å². The van der Waals surface area contributed by atoms with Gasteiger partial charge in [-0.05, 0) is 24.7 Å². The van der Waals surface area contributed by atoms with Crippen LogP contribution in [0.2, 0.25) is 0 Å². The van der Waals surface area contributed by atoms with Crippen LogP contribution in [-0.4, -0.2) is 11.7 Å². The molecule has 0 spiro atoms. The fourth-order valence-corrected chi connectivity index (χ4v) is 2.04. The van der Waals surface area contributed by atoms with E-state index in [2.05, 4.69) is 20.8 Å². The van der Waals surface area contributed by atoms with Crippen molar-refractivity contribution >= 4 is 0 Å². The van der Waals surface area contributed by atoms with Gasteiger partial charge < -0.3 is 5.11 Å². The van der Waals surface area contributed by atoms with Crippen molar-refractivity contribution in [2.75, 3.05) is 6.61 Å². The lowest BCUT2D eigenvalue weighted by Gasteiger charge is -2.20. The third kappa shape index (κ3) is 6.09. The molecule has 0 aliphatic heterocycles. The van der Waals surface area contributed by atoms with Crippen molar-refractivity contribution in [3.8, 4) is 0 Å². The van der Waals surface area contributed by atoms with Crippen LogP contribution in [-0.2, 0) is 0 Å². The maximum atomic E-state index is 8.88. The van der Waals surface area contributed by atoms with Crippen LogP contribution in [0.5, 0.6) is 0 Å². The largest absolute Gasteiger partial charge is 0.396 e. The normalized spacial score (nSPS) is 15.7. The third-order valence-corrected chi connectivity index (χ3v) is 3.06. The molecule has 0 aromatic carbocycles. The molecule has 0 aromatic rings. The Morgan fingerprint density at radius 3 is 1.85 bits per heavy atom. The minimum atomic E-state index is 0.362. The van der Waals surface area contributed by atoms with Gasteiger partial charge in [-0.3, -0.25) is 0 Å². The van der Waals surface area contributed by atoms with E-state index >= 15 is 0 Å². The predicted molar refractivity (Wildman–Crippen MR) is 58.8 cm³/mol. The molecule has 0 aromatic heterocycles. The van der Waals surface area contributed by atoms with Crippen LogP contribution < -0.4 is 0 Å². The predicted octanol–water partition coefficient (Wildman–Crippen LogP) is 3.61. The van der Waals surface area contributed by atoms with Gasteiger partial charge >= 0.3 is 0 Å². The van der Waals surface area contributed by atoms with E-state index in [9.17, 15) is 0 Å². The summed E-state index contributed by atoms with van der Waals surface area (Å²) in [4.78, 5) is 0. The summed E-state index contributed by atoms with van der Waals surface area (Å²) in [5.74, 6) is 1.64. The van der Waals surface area contributed by atoms with Gasteiger partial charge in [0.05, 0.1) is 0 Å². The van der Waals surface area contributed by atoms with E-state index in [1.807, 2.05) is 0 Å². The monoisotopic (exact) mass is 186 g/mol. The first kappa shape index (κ1) is 13.0. The highest BCUT2D eigenvalue weighted by molar-refractivity contribution is 4.64. The molecule has 0 bridgehead atoms. The number of hydrogen-bond donors (Lipinski definition) is 1. The van der Waals surface area contributed by atoms with Crippen LogP contribution in [0, 0.1) is 11.8 Å². The van der Waals surface area contributed by atoms with Crippen molar-refractivity contribution < 1.29 is 5.11 Å². The molecule has 0 fully saturated rings. The molecule has 0 aliphatic rings. The maximum absolute atomic E-state index is 8.88. The molecule has 0 amide bonds. The number of aliphatic hydroxyl groups excluding tert-OH is 1. The Labute approximate surface area is 83.5 Å². The molecule has 0 saturated carbocycles. The molecule has 2 atom stereocenters. The average molecular weight is 186 g/mol. The summed E-state index contributed by atoms with van der Waals surface area (Å²) < 4.78 is 0. The van der Waals surface area contributed by atoms with Gasteiger partial charge in [-0.15, -0.1) is 0 Å². The molecule has 0 heterocycles. The first-order chi connectivity index (χ1) is 6.28. The minimum Gasteiger partial charge on any atom is -0.396 e. The lowest BCUT2D eigenvalue weighted by Crippen LogP contribution is -2.09. The highest BCUT2D eigenvalue weighted by Gasteiger charge is 2.12.